The van der Waals surface area contributed by atoms with Gasteiger partial charge in [-0.2, -0.15) is 18.3 Å². The van der Waals surface area contributed by atoms with Crippen LogP contribution in [0.4, 0.5) is 39.5 Å². The van der Waals surface area contributed by atoms with Crippen molar-refractivity contribution < 1.29 is 41.4 Å². The average Bonchev–Trinajstić information content (AvgIpc) is 3.47. The Balaban J connectivity index is 1.93. The maximum Gasteiger partial charge on any atom is 0.393 e. The molecule has 0 aliphatic carbocycles. The van der Waals surface area contributed by atoms with Crippen LogP contribution in [0.15, 0.2) is 42.5 Å². The molecule has 4 aromatic rings. The second kappa shape index (κ2) is 18.2. The van der Waals surface area contributed by atoms with Crippen molar-refractivity contribution in [1.82, 2.24) is 25.0 Å². The number of nitrogens with one attached hydrogen (secondary N) is 2. The Morgan fingerprint density at radius 1 is 0.929 bits per heavy atom. The van der Waals surface area contributed by atoms with Crippen LogP contribution in [0.5, 0.6) is 5.75 Å². The fourth-order valence-electron chi connectivity index (χ4n) is 5.58. The number of hydrogen-bond donors (Lipinski definition) is 2. The zero-order chi connectivity index (χ0) is 41.6. The molecule has 4 rings (SSSR count). The lowest BCUT2D eigenvalue weighted by Crippen LogP contribution is -2.36. The molecule has 0 atom stereocenters. The summed E-state index contributed by atoms with van der Waals surface area (Å²) >= 11 is 0. The fourth-order valence-corrected chi connectivity index (χ4v) is 7.09. The Hall–Kier alpha value is -4.53. The Labute approximate surface area is 327 Å². The predicted molar refractivity (Wildman–Crippen MR) is 217 cm³/mol. The van der Waals surface area contributed by atoms with E-state index < -0.39 is 46.2 Å². The molecule has 0 radical (unpaired) electrons. The van der Waals surface area contributed by atoms with Gasteiger partial charge in [-0.1, -0.05) is 51.4 Å². The van der Waals surface area contributed by atoms with Gasteiger partial charge in [0.2, 0.25) is 0 Å². The minimum Gasteiger partial charge on any atom is -0.464 e. The quantitative estimate of drug-likeness (QED) is 0.0471. The number of aromatic nitrogens is 3. The number of carbonyl (C=O) groups is 2. The van der Waals surface area contributed by atoms with Crippen molar-refractivity contribution >= 4 is 56.2 Å². The van der Waals surface area contributed by atoms with Crippen LogP contribution < -0.4 is 20.3 Å². The summed E-state index contributed by atoms with van der Waals surface area (Å²) in [6.45, 7) is 13.5. The molecule has 3 amide bonds. The van der Waals surface area contributed by atoms with Gasteiger partial charge >= 0.3 is 12.2 Å². The Morgan fingerprint density at radius 3 is 2.18 bits per heavy atom. The third-order valence-electron chi connectivity index (χ3n) is 8.69. The van der Waals surface area contributed by atoms with Gasteiger partial charge in [0.15, 0.2) is 24.1 Å². The number of amides is 3. The second-order valence-corrected chi connectivity index (χ2v) is 27.4. The summed E-state index contributed by atoms with van der Waals surface area (Å²) in [4.78, 5) is 33.9. The maximum atomic E-state index is 15.8. The molecule has 18 heteroatoms. The highest BCUT2D eigenvalue weighted by atomic mass is 28.3. The Bertz CT molecular complexity index is 2010. The number of rotatable bonds is 17. The highest BCUT2D eigenvalue weighted by Gasteiger charge is 2.32. The summed E-state index contributed by atoms with van der Waals surface area (Å²) < 4.78 is 76.7. The molecule has 0 bridgehead atoms. The smallest absolute Gasteiger partial charge is 0.393 e. The van der Waals surface area contributed by atoms with Crippen LogP contribution in [0.3, 0.4) is 0 Å². The Morgan fingerprint density at radius 2 is 1.57 bits per heavy atom. The molecule has 0 saturated carbocycles. The topological polar surface area (TPSA) is 123 Å². The number of alkyl halides is 3. The number of hydrogen-bond acceptors (Lipinski definition) is 8. The van der Waals surface area contributed by atoms with Crippen LogP contribution in [0.1, 0.15) is 16.1 Å². The third-order valence-corrected chi connectivity index (χ3v) is 12.1. The highest BCUT2D eigenvalue weighted by Crippen LogP contribution is 2.39. The van der Waals surface area contributed by atoms with Crippen molar-refractivity contribution in [2.45, 2.75) is 70.7 Å². The second-order valence-electron chi connectivity index (χ2n) is 16.1. The summed E-state index contributed by atoms with van der Waals surface area (Å²) in [6.07, 6.45) is -6.09. The van der Waals surface area contributed by atoms with Crippen LogP contribution in [0.2, 0.25) is 51.4 Å². The SMILES string of the molecule is CNC(=O)c1nn(COCC[Si](C)(C)C)c2cc(-c3cc(F)c(OCOCC[Si](C)(C)C)cc3CC(F)(F)F)nc(Nc3ccccc3N(C)C(=O)N(C)C)c12. The molecule has 56 heavy (non-hydrogen) atoms. The van der Waals surface area contributed by atoms with Gasteiger partial charge in [0, 0.05) is 63.1 Å². The van der Waals surface area contributed by atoms with Crippen molar-refractivity contribution in [3.63, 3.8) is 0 Å². The third kappa shape index (κ3) is 12.0. The minimum atomic E-state index is -4.68. The van der Waals surface area contributed by atoms with E-state index in [1.54, 1.807) is 45.4 Å². The van der Waals surface area contributed by atoms with Gasteiger partial charge in [-0.15, -0.1) is 0 Å². The monoisotopic (exact) mass is 819 g/mol. The van der Waals surface area contributed by atoms with Gasteiger partial charge in [-0.3, -0.25) is 9.69 Å². The standard InChI is InChI=1S/C38H53F4N7O5Si2/c1-43-36(50)34-33-31(49(46-34)23-52-15-17-55(5,6)7)21-29(45-35(33)44-28-13-11-12-14-30(28)48(4)37(51)47(2)3)26-20-27(39)32(19-25(26)22-38(40,41)42)54-24-53-16-18-56(8,9)10/h11-14,19-21H,15-18,22-24H2,1-10H3,(H,43,50)(H,44,45). The summed E-state index contributed by atoms with van der Waals surface area (Å²) in [5.74, 6) is -1.85. The number of urea groups is 1. The van der Waals surface area contributed by atoms with Crippen LogP contribution in [-0.4, -0.2) is 102 Å². The van der Waals surface area contributed by atoms with Crippen molar-refractivity contribution in [1.29, 1.82) is 0 Å². The number of halogens is 4. The number of nitrogens with zero attached hydrogens (tertiary/aromatic N) is 5. The van der Waals surface area contributed by atoms with Gasteiger partial charge < -0.3 is 29.7 Å². The van der Waals surface area contributed by atoms with Gasteiger partial charge in [-0.05, 0) is 48.0 Å². The van der Waals surface area contributed by atoms with E-state index >= 15 is 4.39 Å². The molecule has 2 N–H and O–H groups in total. The zero-order valence-electron chi connectivity index (χ0n) is 33.8. The molecule has 0 spiro atoms. The van der Waals surface area contributed by atoms with Crippen LogP contribution in [0.25, 0.3) is 22.2 Å². The molecule has 0 aliphatic heterocycles. The van der Waals surface area contributed by atoms with Crippen molar-refractivity contribution in [3.8, 4) is 17.0 Å². The number of para-hydroxylation sites is 2. The van der Waals surface area contributed by atoms with E-state index in [9.17, 15) is 22.8 Å². The summed E-state index contributed by atoms with van der Waals surface area (Å²) in [7, 11) is 3.34. The number of anilines is 3. The van der Waals surface area contributed by atoms with Gasteiger partial charge in [-0.25, -0.2) is 18.9 Å². The van der Waals surface area contributed by atoms with Crippen LogP contribution in [-0.2, 0) is 22.6 Å². The number of pyridine rings is 1. The van der Waals surface area contributed by atoms with E-state index in [0.29, 0.717) is 24.6 Å². The number of fused-ring (bicyclic) bond motifs is 1. The van der Waals surface area contributed by atoms with Gasteiger partial charge in [0.1, 0.15) is 12.5 Å². The van der Waals surface area contributed by atoms with Crippen LogP contribution in [0, 0.1) is 5.82 Å². The molecule has 0 aliphatic rings. The van der Waals surface area contributed by atoms with Crippen LogP contribution >= 0.6 is 0 Å². The van der Waals surface area contributed by atoms with Crippen molar-refractivity contribution in [3.05, 3.63) is 59.5 Å². The lowest BCUT2D eigenvalue weighted by Gasteiger charge is -2.24. The van der Waals surface area contributed by atoms with E-state index in [2.05, 4.69) is 55.0 Å². The minimum absolute atomic E-state index is 0.0251. The van der Waals surface area contributed by atoms with Gasteiger partial charge in [0.25, 0.3) is 5.91 Å². The highest BCUT2D eigenvalue weighted by molar-refractivity contribution is 6.76. The van der Waals surface area contributed by atoms with E-state index in [4.69, 9.17) is 19.2 Å². The van der Waals surface area contributed by atoms with Gasteiger partial charge in [0.05, 0.1) is 34.4 Å². The molecule has 2 heterocycles. The molecule has 0 fully saturated rings. The number of ether oxygens (including phenoxy) is 3. The number of benzene rings is 2. The first kappa shape index (κ1) is 44.2. The molecular weight excluding hydrogens is 767 g/mol. The normalized spacial score (nSPS) is 12.2. The lowest BCUT2D eigenvalue weighted by atomic mass is 9.99. The molecule has 12 nitrogen and oxygen atoms in total. The maximum absolute atomic E-state index is 15.8. The van der Waals surface area contributed by atoms with E-state index in [-0.39, 0.29) is 58.8 Å². The lowest BCUT2D eigenvalue weighted by molar-refractivity contribution is -0.127. The number of carbonyl (C=O) groups excluding carboxylic acids is 2. The largest absolute Gasteiger partial charge is 0.464 e. The summed E-state index contributed by atoms with van der Waals surface area (Å²) in [5.41, 5.74) is 0.581. The van der Waals surface area contributed by atoms with E-state index in [0.717, 1.165) is 24.2 Å². The van der Waals surface area contributed by atoms with E-state index in [1.807, 2.05) is 0 Å². The van der Waals surface area contributed by atoms with E-state index in [1.165, 1.54) is 27.6 Å². The zero-order valence-corrected chi connectivity index (χ0v) is 35.8. The molecule has 2 aromatic carbocycles. The van der Waals surface area contributed by atoms with Crippen molar-refractivity contribution in [2.75, 3.05) is 58.4 Å². The molecular formula is C38H53F4N7O5Si2. The molecule has 0 saturated heterocycles. The summed E-state index contributed by atoms with van der Waals surface area (Å²) in [6, 6.07) is 11.6. The van der Waals surface area contributed by atoms with Crippen molar-refractivity contribution in [2.24, 2.45) is 0 Å². The summed E-state index contributed by atoms with van der Waals surface area (Å²) in [5, 5.41) is 10.6. The average molecular weight is 820 g/mol. The molecule has 306 valence electrons. The molecule has 0 unspecified atom stereocenters. The fraction of sp³-hybridized carbons (Fsp3) is 0.474. The first-order chi connectivity index (χ1) is 26.1. The Kier molecular flexibility index (Phi) is 14.3. The molecule has 2 aromatic heterocycles. The first-order valence-corrected chi connectivity index (χ1v) is 25.6. The predicted octanol–water partition coefficient (Wildman–Crippen LogP) is 8.57. The first-order valence-electron chi connectivity index (χ1n) is 18.2.